The molecule has 0 aromatic carbocycles. The first-order valence-electron chi connectivity index (χ1n) is 8.63. The topological polar surface area (TPSA) is 87.3 Å². The molecule has 0 bridgehead atoms. The van der Waals surface area contributed by atoms with Crippen LogP contribution in [0.25, 0.3) is 0 Å². The summed E-state index contributed by atoms with van der Waals surface area (Å²) in [6.45, 7) is 5.69. The molecule has 8 heteroatoms. The van der Waals surface area contributed by atoms with Gasteiger partial charge in [-0.25, -0.2) is 9.18 Å². The monoisotopic (exact) mass is 354 g/mol. The number of halogens is 1. The number of amides is 2. The van der Waals surface area contributed by atoms with Crippen LogP contribution in [0.4, 0.5) is 9.18 Å². The molecule has 2 atom stereocenters. The van der Waals surface area contributed by atoms with Gasteiger partial charge in [0.25, 0.3) is 0 Å². The zero-order valence-electron chi connectivity index (χ0n) is 15.0. The summed E-state index contributed by atoms with van der Waals surface area (Å²) in [7, 11) is 0. The van der Waals surface area contributed by atoms with Gasteiger partial charge in [0, 0.05) is 19.2 Å². The van der Waals surface area contributed by atoms with Gasteiger partial charge < -0.3 is 15.0 Å². The first kappa shape index (κ1) is 19.2. The van der Waals surface area contributed by atoms with Crippen LogP contribution in [0.15, 0.2) is 12.4 Å². The number of carbonyl (C=O) groups excluding carboxylic acids is 2. The Morgan fingerprint density at radius 2 is 2.24 bits per heavy atom. The number of carbonyl (C=O) groups is 2. The Morgan fingerprint density at radius 3 is 2.88 bits per heavy atom. The van der Waals surface area contributed by atoms with E-state index in [0.717, 1.165) is 5.56 Å². The fraction of sp³-hybridized carbons (Fsp3) is 0.706. The van der Waals surface area contributed by atoms with Crippen molar-refractivity contribution >= 4 is 12.0 Å². The summed E-state index contributed by atoms with van der Waals surface area (Å²) in [5.41, 5.74) is 0.319. The highest BCUT2D eigenvalue weighted by atomic mass is 19.1. The molecule has 140 valence electrons. The number of hydrogen-bond donors (Lipinski definition) is 2. The number of aryl methyl sites for hydroxylation is 1. The number of nitrogens with one attached hydrogen (secondary N) is 2. The predicted octanol–water partition coefficient (Wildman–Crippen LogP) is 2.20. The number of likely N-dealkylation sites (tertiary alicyclic amines) is 1. The SMILES string of the molecule is CC(C)(C)OC(=O)N1CCCC(NC(=O)CCc2cn[nH]c2)C(F)C1. The molecule has 0 spiro atoms. The van der Waals surface area contributed by atoms with Crippen molar-refractivity contribution in [3.63, 3.8) is 0 Å². The summed E-state index contributed by atoms with van der Waals surface area (Å²) < 4.78 is 19.8. The van der Waals surface area contributed by atoms with Gasteiger partial charge in [-0.3, -0.25) is 9.89 Å². The van der Waals surface area contributed by atoms with Crippen molar-refractivity contribution < 1.29 is 18.7 Å². The Kier molecular flexibility index (Phi) is 6.39. The van der Waals surface area contributed by atoms with Crippen LogP contribution in [0.5, 0.6) is 0 Å². The van der Waals surface area contributed by atoms with Gasteiger partial charge in [0.2, 0.25) is 5.91 Å². The van der Waals surface area contributed by atoms with E-state index in [1.807, 2.05) is 0 Å². The van der Waals surface area contributed by atoms with Crippen LogP contribution in [-0.4, -0.2) is 58.0 Å². The van der Waals surface area contributed by atoms with E-state index in [0.29, 0.717) is 25.8 Å². The number of aromatic nitrogens is 2. The maximum Gasteiger partial charge on any atom is 0.410 e. The molecule has 2 N–H and O–H groups in total. The molecule has 2 unspecified atom stereocenters. The van der Waals surface area contributed by atoms with E-state index in [4.69, 9.17) is 4.74 Å². The molecule has 2 rings (SSSR count). The number of aromatic amines is 1. The second-order valence-electron chi connectivity index (χ2n) is 7.37. The maximum absolute atomic E-state index is 14.5. The Balaban J connectivity index is 1.82. The van der Waals surface area contributed by atoms with Crippen molar-refractivity contribution in [1.82, 2.24) is 20.4 Å². The molecule has 0 aliphatic carbocycles. The second-order valence-corrected chi connectivity index (χ2v) is 7.37. The number of hydrogen-bond acceptors (Lipinski definition) is 4. The molecule has 1 aliphatic rings. The molecule has 0 saturated carbocycles. The number of alkyl halides is 1. The molecule has 7 nitrogen and oxygen atoms in total. The highest BCUT2D eigenvalue weighted by Crippen LogP contribution is 2.18. The minimum absolute atomic E-state index is 0.0679. The van der Waals surface area contributed by atoms with Crippen LogP contribution < -0.4 is 5.32 Å². The van der Waals surface area contributed by atoms with Gasteiger partial charge in [0.15, 0.2) is 0 Å². The molecule has 0 radical (unpaired) electrons. The normalized spacial score (nSPS) is 21.5. The third-order valence-electron chi connectivity index (χ3n) is 3.97. The summed E-state index contributed by atoms with van der Waals surface area (Å²) in [5, 5.41) is 9.27. The highest BCUT2D eigenvalue weighted by molar-refractivity contribution is 5.76. The zero-order chi connectivity index (χ0) is 18.4. The van der Waals surface area contributed by atoms with Crippen LogP contribution in [0, 0.1) is 0 Å². The van der Waals surface area contributed by atoms with E-state index < -0.39 is 23.9 Å². The second kappa shape index (κ2) is 8.31. The number of ether oxygens (including phenoxy) is 1. The van der Waals surface area contributed by atoms with Gasteiger partial charge in [-0.1, -0.05) is 0 Å². The first-order chi connectivity index (χ1) is 11.7. The summed E-state index contributed by atoms with van der Waals surface area (Å²) >= 11 is 0. The molecule has 1 aliphatic heterocycles. The van der Waals surface area contributed by atoms with Crippen molar-refractivity contribution in [3.8, 4) is 0 Å². The number of H-pyrrole nitrogens is 1. The van der Waals surface area contributed by atoms with Crippen LogP contribution in [0.2, 0.25) is 0 Å². The molecule has 1 aromatic heterocycles. The van der Waals surface area contributed by atoms with Gasteiger partial charge in [-0.05, 0) is 45.6 Å². The Morgan fingerprint density at radius 1 is 1.48 bits per heavy atom. The zero-order valence-corrected chi connectivity index (χ0v) is 15.0. The lowest BCUT2D eigenvalue weighted by Crippen LogP contribution is -2.46. The van der Waals surface area contributed by atoms with Gasteiger partial charge >= 0.3 is 6.09 Å². The first-order valence-corrected chi connectivity index (χ1v) is 8.63. The van der Waals surface area contributed by atoms with E-state index in [1.165, 1.54) is 4.90 Å². The minimum Gasteiger partial charge on any atom is -0.444 e. The highest BCUT2D eigenvalue weighted by Gasteiger charge is 2.32. The van der Waals surface area contributed by atoms with E-state index in [2.05, 4.69) is 15.5 Å². The third-order valence-corrected chi connectivity index (χ3v) is 3.97. The third kappa shape index (κ3) is 6.36. The van der Waals surface area contributed by atoms with Crippen LogP contribution in [-0.2, 0) is 16.0 Å². The van der Waals surface area contributed by atoms with Crippen molar-refractivity contribution in [2.24, 2.45) is 0 Å². The maximum atomic E-state index is 14.5. The van der Waals surface area contributed by atoms with E-state index in [9.17, 15) is 14.0 Å². The van der Waals surface area contributed by atoms with Gasteiger partial charge in [0.1, 0.15) is 11.8 Å². The fourth-order valence-corrected chi connectivity index (χ4v) is 2.72. The van der Waals surface area contributed by atoms with Crippen molar-refractivity contribution in [3.05, 3.63) is 18.0 Å². The predicted molar refractivity (Wildman–Crippen MR) is 90.8 cm³/mol. The Hall–Kier alpha value is -2.12. The standard InChI is InChI=1S/C17H27FN4O3/c1-17(2,3)25-16(24)22-8-4-5-14(13(18)11-22)21-15(23)7-6-12-9-19-20-10-12/h9-10,13-14H,4-8,11H2,1-3H3,(H,19,20)(H,21,23). The fourth-order valence-electron chi connectivity index (χ4n) is 2.72. The quantitative estimate of drug-likeness (QED) is 0.868. The molecule has 25 heavy (non-hydrogen) atoms. The Bertz CT molecular complexity index is 571. The summed E-state index contributed by atoms with van der Waals surface area (Å²) in [4.78, 5) is 25.6. The minimum atomic E-state index is -1.31. The molecule has 1 saturated heterocycles. The lowest BCUT2D eigenvalue weighted by molar-refractivity contribution is -0.122. The molecular weight excluding hydrogens is 327 g/mol. The number of nitrogens with zero attached hydrogens (tertiary/aromatic N) is 2. The van der Waals surface area contributed by atoms with Gasteiger partial charge in [0.05, 0.1) is 18.8 Å². The smallest absolute Gasteiger partial charge is 0.410 e. The molecule has 2 amide bonds. The average molecular weight is 354 g/mol. The lowest BCUT2D eigenvalue weighted by Gasteiger charge is -2.27. The summed E-state index contributed by atoms with van der Waals surface area (Å²) in [6.07, 6.45) is 3.51. The van der Waals surface area contributed by atoms with Crippen LogP contribution >= 0.6 is 0 Å². The molecule has 1 aromatic rings. The van der Waals surface area contributed by atoms with E-state index in [1.54, 1.807) is 33.2 Å². The molecule has 1 fully saturated rings. The molecule has 2 heterocycles. The Labute approximate surface area is 147 Å². The lowest BCUT2D eigenvalue weighted by atomic mass is 10.1. The number of rotatable bonds is 4. The van der Waals surface area contributed by atoms with E-state index >= 15 is 0 Å². The average Bonchev–Trinajstić information content (AvgIpc) is 2.95. The van der Waals surface area contributed by atoms with Crippen molar-refractivity contribution in [1.29, 1.82) is 0 Å². The largest absolute Gasteiger partial charge is 0.444 e. The van der Waals surface area contributed by atoms with Crippen LogP contribution in [0.3, 0.4) is 0 Å². The van der Waals surface area contributed by atoms with Crippen molar-refractivity contribution in [2.75, 3.05) is 13.1 Å². The molecular formula is C17H27FN4O3. The van der Waals surface area contributed by atoms with Crippen molar-refractivity contribution in [2.45, 2.75) is 64.3 Å². The van der Waals surface area contributed by atoms with Crippen LogP contribution in [0.1, 0.15) is 45.6 Å². The summed E-state index contributed by atoms with van der Waals surface area (Å²) in [5.74, 6) is -0.195. The van der Waals surface area contributed by atoms with Gasteiger partial charge in [-0.2, -0.15) is 5.10 Å². The summed E-state index contributed by atoms with van der Waals surface area (Å²) in [6, 6.07) is -0.579. The van der Waals surface area contributed by atoms with Gasteiger partial charge in [-0.15, -0.1) is 0 Å². The van der Waals surface area contributed by atoms with E-state index in [-0.39, 0.29) is 18.9 Å².